The van der Waals surface area contributed by atoms with Gasteiger partial charge in [0.2, 0.25) is 0 Å². The van der Waals surface area contributed by atoms with Crippen LogP contribution in [0, 0.1) is 11.6 Å². The van der Waals surface area contributed by atoms with Crippen LogP contribution in [0.3, 0.4) is 0 Å². The summed E-state index contributed by atoms with van der Waals surface area (Å²) < 4.78 is 32.6. The topological polar surface area (TPSA) is 115 Å². The number of ether oxygens (including phenoxy) is 1. The molecule has 9 heteroatoms. The smallest absolute Gasteiger partial charge is 0.255 e. The van der Waals surface area contributed by atoms with Crippen molar-refractivity contribution < 1.29 is 18.3 Å². The van der Waals surface area contributed by atoms with Crippen molar-refractivity contribution in [1.82, 2.24) is 10.3 Å². The first-order valence-electron chi connectivity index (χ1n) is 11.2. The van der Waals surface area contributed by atoms with Crippen molar-refractivity contribution in [3.63, 3.8) is 0 Å². The van der Waals surface area contributed by atoms with Gasteiger partial charge in [-0.15, -0.1) is 0 Å². The third-order valence-electron chi connectivity index (χ3n) is 5.48. The molecule has 7 nitrogen and oxygen atoms in total. The number of amides is 1. The summed E-state index contributed by atoms with van der Waals surface area (Å²) in [6, 6.07) is 21.0. The highest BCUT2D eigenvalue weighted by molar-refractivity contribution is 5.98. The van der Waals surface area contributed by atoms with Crippen molar-refractivity contribution in [2.45, 2.75) is 12.6 Å². The Labute approximate surface area is 207 Å². The van der Waals surface area contributed by atoms with E-state index in [4.69, 9.17) is 16.2 Å². The van der Waals surface area contributed by atoms with E-state index in [1.165, 1.54) is 6.07 Å². The molecular formula is C27H25F2N5O2. The molecule has 0 radical (unpaired) electrons. The Hall–Kier alpha value is -4.66. The molecule has 0 aliphatic carbocycles. The maximum atomic E-state index is 13.5. The van der Waals surface area contributed by atoms with Crippen LogP contribution in [-0.4, -0.2) is 17.5 Å². The second kappa shape index (κ2) is 11.2. The number of halogens is 2. The molecule has 1 amide bonds. The van der Waals surface area contributed by atoms with E-state index in [1.54, 1.807) is 36.5 Å². The average Bonchev–Trinajstić information content (AvgIpc) is 2.89. The van der Waals surface area contributed by atoms with Gasteiger partial charge in [0.1, 0.15) is 18.2 Å². The molecule has 6 N–H and O–H groups in total. The summed E-state index contributed by atoms with van der Waals surface area (Å²) >= 11 is 0. The molecule has 0 spiro atoms. The van der Waals surface area contributed by atoms with Crippen LogP contribution in [0.1, 0.15) is 27.5 Å². The maximum absolute atomic E-state index is 13.5. The van der Waals surface area contributed by atoms with Crippen molar-refractivity contribution in [2.24, 2.45) is 0 Å². The van der Waals surface area contributed by atoms with Gasteiger partial charge in [-0.1, -0.05) is 36.4 Å². The SMILES string of the molecule is Nc1ccc(OCC(Nc2ncccc2C(=O)NCc2ccc(F)c(F)c2)c2ccccc2)cc1N. The molecule has 4 rings (SSSR count). The molecule has 1 heterocycles. The second-order valence-corrected chi connectivity index (χ2v) is 8.04. The minimum atomic E-state index is -0.973. The first kappa shape index (κ1) is 24.5. The highest BCUT2D eigenvalue weighted by Crippen LogP contribution is 2.25. The van der Waals surface area contributed by atoms with Crippen LogP contribution in [0.15, 0.2) is 85.1 Å². The Morgan fingerprint density at radius 3 is 2.47 bits per heavy atom. The van der Waals surface area contributed by atoms with Gasteiger partial charge in [-0.05, 0) is 47.5 Å². The van der Waals surface area contributed by atoms with Crippen molar-refractivity contribution in [3.8, 4) is 5.75 Å². The third kappa shape index (κ3) is 6.06. The van der Waals surface area contributed by atoms with Gasteiger partial charge in [0.15, 0.2) is 11.6 Å². The molecule has 0 saturated carbocycles. The van der Waals surface area contributed by atoms with Gasteiger partial charge in [0.25, 0.3) is 5.91 Å². The van der Waals surface area contributed by atoms with Crippen LogP contribution in [0.4, 0.5) is 26.0 Å². The Bertz CT molecular complexity index is 1350. The predicted molar refractivity (Wildman–Crippen MR) is 135 cm³/mol. The quantitative estimate of drug-likeness (QED) is 0.254. The normalized spacial score (nSPS) is 11.5. The number of anilines is 3. The molecule has 1 atom stereocenters. The standard InChI is InChI=1S/C27H25F2N5O2/c28-21-10-8-17(13-22(21)29)15-33-27(35)20-7-4-12-32-26(20)34-25(18-5-2-1-3-6-18)16-36-19-9-11-23(30)24(31)14-19/h1-14,25H,15-16,30-31H2,(H,32,34)(H,33,35). The number of nitrogen functional groups attached to an aromatic ring is 2. The number of hydrogen-bond acceptors (Lipinski definition) is 6. The van der Waals surface area contributed by atoms with E-state index in [0.717, 1.165) is 17.7 Å². The van der Waals surface area contributed by atoms with Crippen molar-refractivity contribution in [2.75, 3.05) is 23.4 Å². The lowest BCUT2D eigenvalue weighted by molar-refractivity contribution is 0.0951. The van der Waals surface area contributed by atoms with E-state index in [2.05, 4.69) is 15.6 Å². The van der Waals surface area contributed by atoms with Gasteiger partial charge < -0.3 is 26.8 Å². The van der Waals surface area contributed by atoms with Gasteiger partial charge in [0, 0.05) is 18.8 Å². The van der Waals surface area contributed by atoms with E-state index in [9.17, 15) is 13.6 Å². The van der Waals surface area contributed by atoms with Gasteiger partial charge in [-0.25, -0.2) is 13.8 Å². The molecule has 0 bridgehead atoms. The number of aromatic nitrogens is 1. The van der Waals surface area contributed by atoms with E-state index < -0.39 is 17.5 Å². The lowest BCUT2D eigenvalue weighted by Crippen LogP contribution is -2.26. The lowest BCUT2D eigenvalue weighted by Gasteiger charge is -2.22. The fraction of sp³-hybridized carbons (Fsp3) is 0.111. The third-order valence-corrected chi connectivity index (χ3v) is 5.48. The molecule has 0 aliphatic heterocycles. The van der Waals surface area contributed by atoms with Gasteiger partial charge in [-0.3, -0.25) is 4.79 Å². The molecule has 4 aromatic rings. The Kier molecular flexibility index (Phi) is 7.60. The van der Waals surface area contributed by atoms with Crippen molar-refractivity contribution >= 4 is 23.1 Å². The molecule has 0 aliphatic rings. The van der Waals surface area contributed by atoms with Crippen LogP contribution >= 0.6 is 0 Å². The summed E-state index contributed by atoms with van der Waals surface area (Å²) in [4.78, 5) is 17.3. The van der Waals surface area contributed by atoms with Gasteiger partial charge in [-0.2, -0.15) is 0 Å². The van der Waals surface area contributed by atoms with E-state index in [0.29, 0.717) is 28.5 Å². The Morgan fingerprint density at radius 1 is 0.917 bits per heavy atom. The van der Waals surface area contributed by atoms with E-state index in [1.807, 2.05) is 30.3 Å². The Balaban J connectivity index is 1.51. The number of hydrogen-bond donors (Lipinski definition) is 4. The summed E-state index contributed by atoms with van der Waals surface area (Å²) in [5.41, 5.74) is 14.2. The van der Waals surface area contributed by atoms with Crippen LogP contribution in [-0.2, 0) is 6.54 Å². The molecule has 0 saturated heterocycles. The molecular weight excluding hydrogens is 464 g/mol. The minimum absolute atomic E-state index is 0.0220. The van der Waals surface area contributed by atoms with Gasteiger partial charge in [0.05, 0.1) is 23.0 Å². The predicted octanol–water partition coefficient (Wildman–Crippen LogP) is 4.69. The molecule has 184 valence electrons. The summed E-state index contributed by atoms with van der Waals surface area (Å²) in [5.74, 6) is -1.45. The summed E-state index contributed by atoms with van der Waals surface area (Å²) in [7, 11) is 0. The first-order chi connectivity index (χ1) is 17.4. The molecule has 3 aromatic carbocycles. The number of carbonyl (C=O) groups excluding carboxylic acids is 1. The molecule has 1 aromatic heterocycles. The zero-order valence-corrected chi connectivity index (χ0v) is 19.2. The number of nitrogens with zero attached hydrogens (tertiary/aromatic N) is 1. The fourth-order valence-corrected chi connectivity index (χ4v) is 3.52. The number of nitrogens with one attached hydrogen (secondary N) is 2. The highest BCUT2D eigenvalue weighted by Gasteiger charge is 2.18. The largest absolute Gasteiger partial charge is 0.491 e. The van der Waals surface area contributed by atoms with Gasteiger partial charge >= 0.3 is 0 Å². The summed E-state index contributed by atoms with van der Waals surface area (Å²) in [5, 5.41) is 6.01. The number of nitrogens with two attached hydrogens (primary N) is 2. The molecule has 0 fully saturated rings. The van der Waals surface area contributed by atoms with Crippen LogP contribution < -0.4 is 26.8 Å². The second-order valence-electron chi connectivity index (χ2n) is 8.04. The zero-order valence-electron chi connectivity index (χ0n) is 19.2. The van der Waals surface area contributed by atoms with Crippen molar-refractivity contribution in [1.29, 1.82) is 0 Å². The van der Waals surface area contributed by atoms with Crippen LogP contribution in [0.2, 0.25) is 0 Å². The fourth-order valence-electron chi connectivity index (χ4n) is 3.52. The monoisotopic (exact) mass is 489 g/mol. The highest BCUT2D eigenvalue weighted by atomic mass is 19.2. The molecule has 1 unspecified atom stereocenters. The number of benzene rings is 3. The zero-order chi connectivity index (χ0) is 25.5. The Morgan fingerprint density at radius 2 is 1.72 bits per heavy atom. The minimum Gasteiger partial charge on any atom is -0.491 e. The van der Waals surface area contributed by atoms with Crippen LogP contribution in [0.5, 0.6) is 5.75 Å². The first-order valence-corrected chi connectivity index (χ1v) is 11.2. The average molecular weight is 490 g/mol. The lowest BCUT2D eigenvalue weighted by atomic mass is 10.1. The number of carbonyl (C=O) groups is 1. The maximum Gasteiger partial charge on any atom is 0.255 e. The number of pyridine rings is 1. The molecule has 36 heavy (non-hydrogen) atoms. The van der Waals surface area contributed by atoms with Crippen LogP contribution in [0.25, 0.3) is 0 Å². The van der Waals surface area contributed by atoms with E-state index in [-0.39, 0.29) is 24.8 Å². The summed E-state index contributed by atoms with van der Waals surface area (Å²) in [6.45, 7) is 0.230. The number of rotatable bonds is 9. The summed E-state index contributed by atoms with van der Waals surface area (Å²) in [6.07, 6.45) is 1.57. The van der Waals surface area contributed by atoms with E-state index >= 15 is 0 Å². The van der Waals surface area contributed by atoms with Crippen molar-refractivity contribution in [3.05, 3.63) is 113 Å².